The largest absolute Gasteiger partial charge is 0.342 e. The Kier molecular flexibility index (Phi) is 2.53. The molecule has 0 aliphatic rings. The van der Waals surface area contributed by atoms with Crippen molar-refractivity contribution in [3.8, 4) is 0 Å². The number of thiophene rings is 1. The topological polar surface area (TPSA) is 22.0 Å². The first-order chi connectivity index (χ1) is 8.34. The number of rotatable bonds is 2. The van der Waals surface area contributed by atoms with E-state index in [-0.39, 0.29) is 5.43 Å². The number of hydrogen-bond donors (Lipinski definition) is 0. The van der Waals surface area contributed by atoms with Gasteiger partial charge in [-0.25, -0.2) is 0 Å². The second-order valence-electron chi connectivity index (χ2n) is 3.90. The summed E-state index contributed by atoms with van der Waals surface area (Å²) >= 11 is 1.73. The summed E-state index contributed by atoms with van der Waals surface area (Å²) in [5.41, 5.74) is 1.08. The molecule has 2 heterocycles. The average molecular weight is 241 g/mol. The highest BCUT2D eigenvalue weighted by molar-refractivity contribution is 7.09. The summed E-state index contributed by atoms with van der Waals surface area (Å²) in [5.74, 6) is 0. The third-order valence-electron chi connectivity index (χ3n) is 2.79. The van der Waals surface area contributed by atoms with E-state index >= 15 is 0 Å². The maximum Gasteiger partial charge on any atom is 0.189 e. The first kappa shape index (κ1) is 10.3. The van der Waals surface area contributed by atoms with Gasteiger partial charge in [-0.2, -0.15) is 0 Å². The van der Waals surface area contributed by atoms with Crippen molar-refractivity contribution in [2.75, 3.05) is 0 Å². The first-order valence-electron chi connectivity index (χ1n) is 5.45. The molecule has 0 radical (unpaired) electrons. The van der Waals surface area contributed by atoms with Crippen molar-refractivity contribution in [1.29, 1.82) is 0 Å². The molecule has 0 bridgehead atoms. The summed E-state index contributed by atoms with van der Waals surface area (Å²) in [5, 5.41) is 2.85. The fraction of sp³-hybridized carbons (Fsp3) is 0.0714. The Morgan fingerprint density at radius 3 is 2.76 bits per heavy atom. The molecule has 0 N–H and O–H groups in total. The van der Waals surface area contributed by atoms with E-state index in [0.29, 0.717) is 0 Å². The van der Waals surface area contributed by atoms with E-state index < -0.39 is 0 Å². The van der Waals surface area contributed by atoms with Crippen LogP contribution < -0.4 is 5.43 Å². The van der Waals surface area contributed by atoms with Gasteiger partial charge in [-0.15, -0.1) is 11.3 Å². The zero-order chi connectivity index (χ0) is 11.7. The van der Waals surface area contributed by atoms with Gasteiger partial charge in [-0.05, 0) is 23.6 Å². The minimum absolute atomic E-state index is 0.0861. The van der Waals surface area contributed by atoms with Crippen LogP contribution in [0.5, 0.6) is 0 Å². The number of nitrogens with zero attached hydrogens (tertiary/aromatic N) is 1. The highest BCUT2D eigenvalue weighted by atomic mass is 32.1. The van der Waals surface area contributed by atoms with E-state index in [1.165, 1.54) is 4.88 Å². The number of pyridine rings is 1. The molecular weight excluding hydrogens is 230 g/mol. The van der Waals surface area contributed by atoms with E-state index in [9.17, 15) is 4.79 Å². The predicted molar refractivity (Wildman–Crippen MR) is 71.6 cm³/mol. The molecule has 2 nitrogen and oxygen atoms in total. The molecule has 0 saturated carbocycles. The van der Waals surface area contributed by atoms with Gasteiger partial charge < -0.3 is 4.57 Å². The first-order valence-corrected chi connectivity index (χ1v) is 6.33. The van der Waals surface area contributed by atoms with Crippen LogP contribution in [0.2, 0.25) is 0 Å². The molecular formula is C14H11NOS. The molecule has 1 aromatic carbocycles. The Balaban J connectivity index is 2.17. The number of fused-ring (bicyclic) bond motifs is 1. The molecule has 0 fully saturated rings. The maximum atomic E-state index is 11.7. The number of para-hydroxylation sites is 1. The van der Waals surface area contributed by atoms with Gasteiger partial charge in [0.15, 0.2) is 5.43 Å². The van der Waals surface area contributed by atoms with Gasteiger partial charge in [0.2, 0.25) is 0 Å². The monoisotopic (exact) mass is 241 g/mol. The Bertz CT molecular complexity index is 698. The lowest BCUT2D eigenvalue weighted by Gasteiger charge is -2.08. The van der Waals surface area contributed by atoms with E-state index in [2.05, 4.69) is 16.0 Å². The molecule has 0 aliphatic heterocycles. The lowest BCUT2D eigenvalue weighted by Crippen LogP contribution is -2.07. The van der Waals surface area contributed by atoms with Gasteiger partial charge in [-0.1, -0.05) is 18.2 Å². The third kappa shape index (κ3) is 1.89. The molecule has 0 spiro atoms. The van der Waals surface area contributed by atoms with E-state index in [1.807, 2.05) is 36.5 Å². The van der Waals surface area contributed by atoms with Crippen molar-refractivity contribution in [2.45, 2.75) is 6.54 Å². The SMILES string of the molecule is O=c1ccn(Cc2cccs2)c2ccccc12. The summed E-state index contributed by atoms with van der Waals surface area (Å²) in [7, 11) is 0. The molecule has 0 aliphatic carbocycles. The Hall–Kier alpha value is -1.87. The molecule has 2 aromatic heterocycles. The zero-order valence-electron chi connectivity index (χ0n) is 9.17. The molecule has 3 aromatic rings. The van der Waals surface area contributed by atoms with Gasteiger partial charge in [-0.3, -0.25) is 4.79 Å². The lowest BCUT2D eigenvalue weighted by molar-refractivity contribution is 0.839. The van der Waals surface area contributed by atoms with Crippen LogP contribution in [0, 0.1) is 0 Å². The summed E-state index contributed by atoms with van der Waals surface area (Å²) in [4.78, 5) is 13.0. The van der Waals surface area contributed by atoms with Gasteiger partial charge >= 0.3 is 0 Å². The van der Waals surface area contributed by atoms with Crippen molar-refractivity contribution in [3.05, 3.63) is 69.1 Å². The Morgan fingerprint density at radius 1 is 1.06 bits per heavy atom. The lowest BCUT2D eigenvalue weighted by atomic mass is 10.2. The smallest absolute Gasteiger partial charge is 0.189 e. The van der Waals surface area contributed by atoms with Crippen LogP contribution in [0.15, 0.2) is 58.8 Å². The van der Waals surface area contributed by atoms with Crippen molar-refractivity contribution in [1.82, 2.24) is 4.57 Å². The molecule has 3 heteroatoms. The normalized spacial score (nSPS) is 10.8. The Labute approximate surface area is 103 Å². The van der Waals surface area contributed by atoms with Gasteiger partial charge in [0, 0.05) is 22.5 Å². The summed E-state index contributed by atoms with van der Waals surface area (Å²) in [6.45, 7) is 0.818. The second-order valence-corrected chi connectivity index (χ2v) is 4.94. The quantitative estimate of drug-likeness (QED) is 0.675. The summed E-state index contributed by atoms with van der Waals surface area (Å²) in [6, 6.07) is 13.5. The minimum atomic E-state index is 0.0861. The van der Waals surface area contributed by atoms with Gasteiger partial charge in [0.05, 0.1) is 12.1 Å². The zero-order valence-corrected chi connectivity index (χ0v) is 9.98. The van der Waals surface area contributed by atoms with Crippen LogP contribution in [-0.4, -0.2) is 4.57 Å². The molecule has 0 atom stereocenters. The predicted octanol–water partition coefficient (Wildman–Crippen LogP) is 3.11. The van der Waals surface area contributed by atoms with Crippen molar-refractivity contribution >= 4 is 22.2 Å². The highest BCUT2D eigenvalue weighted by Crippen LogP contribution is 2.15. The van der Waals surface area contributed by atoms with E-state index in [4.69, 9.17) is 0 Å². The Morgan fingerprint density at radius 2 is 1.94 bits per heavy atom. The van der Waals surface area contributed by atoms with Crippen LogP contribution in [-0.2, 0) is 6.54 Å². The molecule has 17 heavy (non-hydrogen) atoms. The number of benzene rings is 1. The van der Waals surface area contributed by atoms with Crippen molar-refractivity contribution in [3.63, 3.8) is 0 Å². The minimum Gasteiger partial charge on any atom is -0.342 e. The van der Waals surface area contributed by atoms with Crippen molar-refractivity contribution < 1.29 is 0 Å². The fourth-order valence-electron chi connectivity index (χ4n) is 1.97. The molecule has 84 valence electrons. The second kappa shape index (κ2) is 4.18. The van der Waals surface area contributed by atoms with Gasteiger partial charge in [0.25, 0.3) is 0 Å². The van der Waals surface area contributed by atoms with Crippen LogP contribution in [0.4, 0.5) is 0 Å². The maximum absolute atomic E-state index is 11.7. The van der Waals surface area contributed by atoms with Crippen LogP contribution >= 0.6 is 11.3 Å². The van der Waals surface area contributed by atoms with E-state index in [1.54, 1.807) is 17.4 Å². The number of aromatic nitrogens is 1. The standard InChI is InChI=1S/C14H11NOS/c16-14-7-8-15(10-11-4-3-9-17-11)13-6-2-1-5-12(13)14/h1-9H,10H2. The summed E-state index contributed by atoms with van der Waals surface area (Å²) < 4.78 is 2.11. The van der Waals surface area contributed by atoms with Crippen LogP contribution in [0.3, 0.4) is 0 Å². The van der Waals surface area contributed by atoms with Gasteiger partial charge in [0.1, 0.15) is 0 Å². The molecule has 0 saturated heterocycles. The highest BCUT2D eigenvalue weighted by Gasteiger charge is 2.02. The van der Waals surface area contributed by atoms with Crippen LogP contribution in [0.25, 0.3) is 10.9 Å². The molecule has 0 unspecified atom stereocenters. The molecule has 0 amide bonds. The summed E-state index contributed by atoms with van der Waals surface area (Å²) in [6.07, 6.45) is 1.87. The fourth-order valence-corrected chi connectivity index (χ4v) is 2.67. The molecule has 3 rings (SSSR count). The van der Waals surface area contributed by atoms with Crippen LogP contribution in [0.1, 0.15) is 4.88 Å². The number of hydrogen-bond acceptors (Lipinski definition) is 2. The average Bonchev–Trinajstić information content (AvgIpc) is 2.86. The van der Waals surface area contributed by atoms with Crippen molar-refractivity contribution in [2.24, 2.45) is 0 Å². The van der Waals surface area contributed by atoms with E-state index in [0.717, 1.165) is 17.4 Å². The third-order valence-corrected chi connectivity index (χ3v) is 3.65.